The van der Waals surface area contributed by atoms with Gasteiger partial charge in [-0.2, -0.15) is 0 Å². The number of aromatic nitrogens is 2. The summed E-state index contributed by atoms with van der Waals surface area (Å²) in [5.74, 6) is -1.47. The van der Waals surface area contributed by atoms with E-state index in [1.165, 1.54) is 11.0 Å². The Morgan fingerprint density at radius 2 is 1.64 bits per heavy atom. The Hall–Kier alpha value is -3.09. The SMILES string of the molecule is CN1CCN(C(=O)c2ccc(F)c(F)c2)c2nc3ccccc3nc21. The highest BCUT2D eigenvalue weighted by atomic mass is 19.2. The van der Waals surface area contributed by atoms with Crippen molar-refractivity contribution in [2.45, 2.75) is 0 Å². The standard InChI is InChI=1S/C18H14F2N4O/c1-23-8-9-24(18(25)11-6-7-12(19)13(20)10-11)17-16(23)21-14-4-2-3-5-15(14)22-17/h2-7,10H,8-9H2,1H3. The Morgan fingerprint density at radius 1 is 0.960 bits per heavy atom. The molecular weight excluding hydrogens is 326 g/mol. The highest BCUT2D eigenvalue weighted by Gasteiger charge is 2.29. The summed E-state index contributed by atoms with van der Waals surface area (Å²) in [7, 11) is 1.88. The minimum Gasteiger partial charge on any atom is -0.355 e. The van der Waals surface area contributed by atoms with E-state index in [-0.39, 0.29) is 5.56 Å². The van der Waals surface area contributed by atoms with E-state index < -0.39 is 17.5 Å². The first-order valence-corrected chi connectivity index (χ1v) is 7.79. The van der Waals surface area contributed by atoms with Crippen molar-refractivity contribution in [3.63, 3.8) is 0 Å². The summed E-state index contributed by atoms with van der Waals surface area (Å²) < 4.78 is 26.6. The first-order valence-electron chi connectivity index (χ1n) is 7.79. The van der Waals surface area contributed by atoms with Crippen LogP contribution in [0.1, 0.15) is 10.4 Å². The van der Waals surface area contributed by atoms with Crippen LogP contribution in [0.4, 0.5) is 20.4 Å². The van der Waals surface area contributed by atoms with Gasteiger partial charge >= 0.3 is 0 Å². The summed E-state index contributed by atoms with van der Waals surface area (Å²) in [5.41, 5.74) is 1.47. The molecule has 1 aliphatic rings. The third-order valence-corrected chi connectivity index (χ3v) is 4.22. The molecule has 3 aromatic rings. The fraction of sp³-hybridized carbons (Fsp3) is 0.167. The van der Waals surface area contributed by atoms with Gasteiger partial charge in [-0.15, -0.1) is 0 Å². The third-order valence-electron chi connectivity index (χ3n) is 4.22. The second-order valence-corrected chi connectivity index (χ2v) is 5.87. The largest absolute Gasteiger partial charge is 0.355 e. The maximum atomic E-state index is 13.5. The fourth-order valence-electron chi connectivity index (χ4n) is 2.86. The van der Waals surface area contributed by atoms with Gasteiger partial charge in [-0.25, -0.2) is 18.7 Å². The predicted octanol–water partition coefficient (Wildman–Crippen LogP) is 3.00. The Balaban J connectivity index is 1.82. The van der Waals surface area contributed by atoms with Crippen molar-refractivity contribution >= 4 is 28.6 Å². The van der Waals surface area contributed by atoms with Crippen molar-refractivity contribution in [2.75, 3.05) is 29.9 Å². The topological polar surface area (TPSA) is 49.3 Å². The van der Waals surface area contributed by atoms with Gasteiger partial charge in [-0.1, -0.05) is 12.1 Å². The van der Waals surface area contributed by atoms with E-state index in [1.807, 2.05) is 36.2 Å². The molecule has 0 spiro atoms. The van der Waals surface area contributed by atoms with Gasteiger partial charge in [0.05, 0.1) is 11.0 Å². The van der Waals surface area contributed by atoms with E-state index in [2.05, 4.69) is 9.97 Å². The number of amides is 1. The van der Waals surface area contributed by atoms with Gasteiger partial charge in [0.15, 0.2) is 23.3 Å². The van der Waals surface area contributed by atoms with E-state index in [0.29, 0.717) is 30.2 Å². The van der Waals surface area contributed by atoms with Crippen LogP contribution in [0.2, 0.25) is 0 Å². The van der Waals surface area contributed by atoms with Crippen LogP contribution in [0.5, 0.6) is 0 Å². The van der Waals surface area contributed by atoms with Crippen molar-refractivity contribution in [1.82, 2.24) is 9.97 Å². The number of para-hydroxylation sites is 2. The second-order valence-electron chi connectivity index (χ2n) is 5.87. The number of anilines is 2. The van der Waals surface area contributed by atoms with Crippen LogP contribution in [0.15, 0.2) is 42.5 Å². The van der Waals surface area contributed by atoms with Gasteiger partial charge in [-0.3, -0.25) is 9.69 Å². The lowest BCUT2D eigenvalue weighted by atomic mass is 10.1. The molecule has 4 rings (SSSR count). The summed E-state index contributed by atoms with van der Waals surface area (Å²) in [6.07, 6.45) is 0. The molecule has 0 radical (unpaired) electrons. The van der Waals surface area contributed by atoms with Gasteiger partial charge in [0.25, 0.3) is 5.91 Å². The summed E-state index contributed by atoms with van der Waals surface area (Å²) in [4.78, 5) is 25.4. The summed E-state index contributed by atoms with van der Waals surface area (Å²) in [6, 6.07) is 10.5. The van der Waals surface area contributed by atoms with Crippen LogP contribution in [-0.4, -0.2) is 36.0 Å². The minimum absolute atomic E-state index is 0.0735. The number of carbonyl (C=O) groups is 1. The molecule has 0 bridgehead atoms. The lowest BCUT2D eigenvalue weighted by Crippen LogP contribution is -2.43. The third kappa shape index (κ3) is 2.57. The molecule has 25 heavy (non-hydrogen) atoms. The molecule has 0 atom stereocenters. The Labute approximate surface area is 142 Å². The van der Waals surface area contributed by atoms with Crippen molar-refractivity contribution in [3.05, 3.63) is 59.7 Å². The zero-order chi connectivity index (χ0) is 17.6. The molecule has 1 aromatic heterocycles. The van der Waals surface area contributed by atoms with Crippen LogP contribution >= 0.6 is 0 Å². The number of benzene rings is 2. The minimum atomic E-state index is -1.05. The second kappa shape index (κ2) is 5.77. The van der Waals surface area contributed by atoms with Gasteiger partial charge in [0.2, 0.25) is 0 Å². The molecule has 0 saturated heterocycles. The number of hydrogen-bond acceptors (Lipinski definition) is 4. The number of fused-ring (bicyclic) bond motifs is 2. The van der Waals surface area contributed by atoms with Gasteiger partial charge in [0, 0.05) is 25.7 Å². The lowest BCUT2D eigenvalue weighted by Gasteiger charge is -2.33. The van der Waals surface area contributed by atoms with Crippen molar-refractivity contribution < 1.29 is 13.6 Å². The fourth-order valence-corrected chi connectivity index (χ4v) is 2.86. The Bertz CT molecular complexity index is 992. The highest BCUT2D eigenvalue weighted by molar-refractivity contribution is 6.07. The molecule has 2 heterocycles. The lowest BCUT2D eigenvalue weighted by molar-refractivity contribution is 0.0985. The van der Waals surface area contributed by atoms with Crippen LogP contribution in [-0.2, 0) is 0 Å². The smallest absolute Gasteiger partial charge is 0.259 e. The quantitative estimate of drug-likeness (QED) is 0.683. The normalized spacial score (nSPS) is 13.9. The average Bonchev–Trinajstić information content (AvgIpc) is 2.62. The zero-order valence-corrected chi connectivity index (χ0v) is 13.4. The van der Waals surface area contributed by atoms with Gasteiger partial charge < -0.3 is 4.90 Å². The van der Waals surface area contributed by atoms with E-state index in [0.717, 1.165) is 17.6 Å². The van der Waals surface area contributed by atoms with Gasteiger partial charge in [-0.05, 0) is 30.3 Å². The molecular formula is C18H14F2N4O. The number of rotatable bonds is 1. The molecule has 0 fully saturated rings. The summed E-state index contributed by atoms with van der Waals surface area (Å²) in [5, 5.41) is 0. The molecule has 1 aliphatic heterocycles. The van der Waals surface area contributed by atoms with E-state index in [1.54, 1.807) is 0 Å². The van der Waals surface area contributed by atoms with Crippen molar-refractivity contribution in [3.8, 4) is 0 Å². The van der Waals surface area contributed by atoms with E-state index in [9.17, 15) is 13.6 Å². The molecule has 7 heteroatoms. The Kier molecular flexibility index (Phi) is 3.56. The van der Waals surface area contributed by atoms with Crippen LogP contribution < -0.4 is 9.80 Å². The monoisotopic (exact) mass is 340 g/mol. The molecule has 2 aromatic carbocycles. The molecule has 1 amide bonds. The molecule has 0 saturated carbocycles. The Morgan fingerprint density at radius 3 is 2.32 bits per heavy atom. The summed E-state index contributed by atoms with van der Waals surface area (Å²) >= 11 is 0. The van der Waals surface area contributed by atoms with Crippen molar-refractivity contribution in [2.24, 2.45) is 0 Å². The first-order chi connectivity index (χ1) is 12.0. The number of halogens is 2. The summed E-state index contributed by atoms with van der Waals surface area (Å²) in [6.45, 7) is 0.948. The number of nitrogens with zero attached hydrogens (tertiary/aromatic N) is 4. The average molecular weight is 340 g/mol. The highest BCUT2D eigenvalue weighted by Crippen LogP contribution is 2.31. The molecule has 5 nitrogen and oxygen atoms in total. The maximum Gasteiger partial charge on any atom is 0.259 e. The van der Waals surface area contributed by atoms with Crippen molar-refractivity contribution in [1.29, 1.82) is 0 Å². The number of likely N-dealkylation sites (N-methyl/N-ethyl adjacent to an activating group) is 1. The van der Waals surface area contributed by atoms with Gasteiger partial charge in [0.1, 0.15) is 0 Å². The number of carbonyl (C=O) groups excluding carboxylic acids is 1. The van der Waals surface area contributed by atoms with E-state index in [4.69, 9.17) is 0 Å². The van der Waals surface area contributed by atoms with Crippen LogP contribution in [0.3, 0.4) is 0 Å². The molecule has 126 valence electrons. The molecule has 0 N–H and O–H groups in total. The zero-order valence-electron chi connectivity index (χ0n) is 13.4. The van der Waals surface area contributed by atoms with Crippen LogP contribution in [0.25, 0.3) is 11.0 Å². The van der Waals surface area contributed by atoms with Crippen LogP contribution in [0, 0.1) is 11.6 Å². The predicted molar refractivity (Wildman–Crippen MR) is 90.8 cm³/mol. The molecule has 0 aliphatic carbocycles. The van der Waals surface area contributed by atoms with E-state index >= 15 is 0 Å². The molecule has 0 unspecified atom stereocenters. The maximum absolute atomic E-state index is 13.5. The number of hydrogen-bond donors (Lipinski definition) is 0. The first kappa shape index (κ1) is 15.4.